The molecule has 3 aromatic heterocycles. The predicted molar refractivity (Wildman–Crippen MR) is 265 cm³/mol. The van der Waals surface area contributed by atoms with Gasteiger partial charge >= 0.3 is 12.2 Å². The fourth-order valence-electron chi connectivity index (χ4n) is 8.44. The van der Waals surface area contributed by atoms with Crippen LogP contribution in [0.25, 0.3) is 33.1 Å². The number of methoxy groups -OCH3 is 1. The zero-order chi connectivity index (χ0) is 45.6. The molecule has 1 aliphatic heterocycles. The van der Waals surface area contributed by atoms with Crippen molar-refractivity contribution in [1.29, 1.82) is 0 Å². The number of piperidine rings is 1. The van der Waals surface area contributed by atoms with Gasteiger partial charge in [0.05, 0.1) is 19.2 Å². The minimum absolute atomic E-state index is 0.00816. The Hall–Kier alpha value is -5.13. The van der Waals surface area contributed by atoms with Crippen molar-refractivity contribution in [2.75, 3.05) is 37.4 Å². The number of hydrogen-bond acceptors (Lipinski definition) is 10. The molecular weight excluding hydrogens is 936 g/mol. The van der Waals surface area contributed by atoms with E-state index < -0.39 is 20.7 Å². The Morgan fingerprint density at radius 3 is 2.34 bits per heavy atom. The van der Waals surface area contributed by atoms with Crippen LogP contribution >= 0.6 is 22.6 Å². The molecule has 1 atom stereocenters. The summed E-state index contributed by atoms with van der Waals surface area (Å²) in [6.45, 7) is 16.9. The highest BCUT2D eigenvalue weighted by Crippen LogP contribution is 2.36. The third kappa shape index (κ3) is 11.2. The summed E-state index contributed by atoms with van der Waals surface area (Å²) >= 11 is 2.20. The molecular formula is C49H60IN8O5Si. The number of rotatable bonds is 14. The van der Waals surface area contributed by atoms with E-state index in [1.807, 2.05) is 48.7 Å². The van der Waals surface area contributed by atoms with Crippen LogP contribution in [0.1, 0.15) is 97.6 Å². The minimum atomic E-state index is -1.49. The molecule has 1 saturated heterocycles. The van der Waals surface area contributed by atoms with Gasteiger partial charge in [0.25, 0.3) is 9.04 Å². The van der Waals surface area contributed by atoms with Gasteiger partial charge in [0.15, 0.2) is 5.82 Å². The molecule has 2 N–H and O–H groups in total. The molecule has 6 aromatic rings. The maximum absolute atomic E-state index is 12.8. The monoisotopic (exact) mass is 995 g/mol. The van der Waals surface area contributed by atoms with Crippen molar-refractivity contribution in [3.8, 4) is 11.1 Å². The van der Waals surface area contributed by atoms with Gasteiger partial charge < -0.3 is 24.1 Å². The average molecular weight is 996 g/mol. The lowest BCUT2D eigenvalue weighted by molar-refractivity contribution is 0.0205. The third-order valence-corrected chi connectivity index (χ3v) is 14.9. The molecule has 1 fully saturated rings. The summed E-state index contributed by atoms with van der Waals surface area (Å²) in [6.07, 6.45) is 5.12. The van der Waals surface area contributed by atoms with E-state index in [1.165, 1.54) is 29.0 Å². The summed E-state index contributed by atoms with van der Waals surface area (Å²) in [5.74, 6) is 0.956. The first-order valence-electron chi connectivity index (χ1n) is 22.2. The average Bonchev–Trinajstić information content (AvgIpc) is 3.58. The molecule has 0 unspecified atom stereocenters. The van der Waals surface area contributed by atoms with Gasteiger partial charge in [0.1, 0.15) is 20.3 Å². The van der Waals surface area contributed by atoms with Gasteiger partial charge in [-0.1, -0.05) is 107 Å². The second kappa shape index (κ2) is 20.4. The Kier molecular flexibility index (Phi) is 14.9. The molecule has 0 aliphatic carbocycles. The first kappa shape index (κ1) is 46.8. The molecule has 0 spiro atoms. The van der Waals surface area contributed by atoms with Crippen molar-refractivity contribution in [2.24, 2.45) is 0 Å². The minimum Gasteiger partial charge on any atom is -0.453 e. The highest BCUT2D eigenvalue weighted by atomic mass is 127. The number of anilines is 2. The van der Waals surface area contributed by atoms with Crippen LogP contribution in [0.3, 0.4) is 0 Å². The molecule has 4 heterocycles. The summed E-state index contributed by atoms with van der Waals surface area (Å²) in [5, 5.41) is 13.7. The van der Waals surface area contributed by atoms with Crippen LogP contribution in [0.5, 0.6) is 0 Å². The highest BCUT2D eigenvalue weighted by molar-refractivity contribution is 14.1. The number of nitrogens with one attached hydrogen (secondary N) is 2. The fraction of sp³-hybridized carbons (Fsp3) is 0.429. The number of halogens is 1. The Balaban J connectivity index is 1.16. The van der Waals surface area contributed by atoms with Crippen LogP contribution in [0.15, 0.2) is 85.1 Å². The second-order valence-corrected chi connectivity index (χ2v) is 22.4. The van der Waals surface area contributed by atoms with Crippen LogP contribution in [0, 0.1) is 3.70 Å². The van der Waals surface area contributed by atoms with Gasteiger partial charge in [-0.15, -0.1) is 0 Å². The normalized spacial score (nSPS) is 14.2. The van der Waals surface area contributed by atoms with Gasteiger partial charge in [-0.25, -0.2) is 14.6 Å². The van der Waals surface area contributed by atoms with Crippen molar-refractivity contribution in [1.82, 2.24) is 29.6 Å². The number of aromatic nitrogens is 5. The van der Waals surface area contributed by atoms with Crippen molar-refractivity contribution in [3.63, 3.8) is 0 Å². The standard InChI is InChI=1S/C49H60IN8O5Si/c1-9-16-35(26-30-62-64(49(5,6)7)39-21-14-13-19-37(39)32-17-11-10-12-18-32)52-44-42-41(53-45(54-44)55-46(59)61-8)43(50)56-58(42)31-34-22-23-36(38-20-15-27-51-40(34)38)33-24-28-57(29-25-33)47(60)63-48(2,3)4/h10-15,17-23,27,33,35H,9,16,24-26,28-31H2,1-8H3,(H2,52,53,54,55,59)/t35-/m0/s1. The first-order valence-corrected chi connectivity index (χ1v) is 24.7. The van der Waals surface area contributed by atoms with Gasteiger partial charge in [-0.3, -0.25) is 15.0 Å². The molecule has 1 aliphatic rings. The van der Waals surface area contributed by atoms with Crippen molar-refractivity contribution in [2.45, 2.75) is 110 Å². The molecule has 1 radical (unpaired) electrons. The van der Waals surface area contributed by atoms with Crippen LogP contribution in [-0.4, -0.2) is 89.3 Å². The quantitative estimate of drug-likeness (QED) is 0.0799. The number of pyridine rings is 1. The van der Waals surface area contributed by atoms with E-state index in [-0.39, 0.29) is 29.0 Å². The Morgan fingerprint density at radius 1 is 0.906 bits per heavy atom. The second-order valence-electron chi connectivity index (χ2n) is 18.4. The maximum Gasteiger partial charge on any atom is 0.413 e. The van der Waals surface area contributed by atoms with Gasteiger partial charge in [-0.2, -0.15) is 10.1 Å². The van der Waals surface area contributed by atoms with Crippen molar-refractivity contribution >= 4 is 82.7 Å². The van der Waals surface area contributed by atoms with E-state index >= 15 is 0 Å². The molecule has 3 aromatic carbocycles. The van der Waals surface area contributed by atoms with E-state index in [0.717, 1.165) is 54.1 Å². The number of likely N-dealkylation sites (tertiary alicyclic amines) is 1. The van der Waals surface area contributed by atoms with Gasteiger partial charge in [-0.05, 0) is 114 Å². The highest BCUT2D eigenvalue weighted by Gasteiger charge is 2.34. The Labute approximate surface area is 392 Å². The maximum atomic E-state index is 12.8. The van der Waals surface area contributed by atoms with E-state index in [9.17, 15) is 9.59 Å². The number of benzene rings is 3. The lowest BCUT2D eigenvalue weighted by Gasteiger charge is -2.34. The number of amides is 2. The van der Waals surface area contributed by atoms with Crippen molar-refractivity contribution < 1.29 is 23.5 Å². The Bertz CT molecular complexity index is 2570. The number of carbonyl (C=O) groups excluding carboxylic acids is 2. The van der Waals surface area contributed by atoms with E-state index in [4.69, 9.17) is 34.0 Å². The molecule has 15 heteroatoms. The summed E-state index contributed by atoms with van der Waals surface area (Å²) in [5.41, 5.74) is 6.33. The van der Waals surface area contributed by atoms with Crippen LogP contribution in [0.2, 0.25) is 5.04 Å². The van der Waals surface area contributed by atoms with Crippen LogP contribution in [0.4, 0.5) is 21.4 Å². The molecule has 0 saturated carbocycles. The third-order valence-electron chi connectivity index (χ3n) is 11.4. The number of hydrogen-bond donors (Lipinski definition) is 2. The SMILES string of the molecule is CCC[C@@H](CCO[Si](c1ccccc1-c1ccccc1)C(C)(C)C)Nc1nc(NC(=O)OC)nc2c(I)nn(Cc3ccc(C4CCN(C(=O)OC(C)(C)C)CC4)c4cccnc34)c12. The number of carbonyl (C=O) groups is 2. The predicted octanol–water partition coefficient (Wildman–Crippen LogP) is 10.7. The molecule has 337 valence electrons. The van der Waals surface area contributed by atoms with Gasteiger partial charge in [0.2, 0.25) is 5.95 Å². The lowest BCUT2D eigenvalue weighted by Crippen LogP contribution is -2.43. The van der Waals surface area contributed by atoms with E-state index in [2.05, 4.69) is 128 Å². The molecule has 13 nitrogen and oxygen atoms in total. The summed E-state index contributed by atoms with van der Waals surface area (Å²) < 4.78 is 20.2. The number of ether oxygens (including phenoxy) is 2. The summed E-state index contributed by atoms with van der Waals surface area (Å²) in [7, 11) is -0.174. The molecule has 2 amide bonds. The summed E-state index contributed by atoms with van der Waals surface area (Å²) in [6, 6.07) is 27.6. The Morgan fingerprint density at radius 2 is 1.64 bits per heavy atom. The van der Waals surface area contributed by atoms with Crippen LogP contribution < -0.4 is 15.8 Å². The van der Waals surface area contributed by atoms with Crippen molar-refractivity contribution in [3.05, 3.63) is 99.9 Å². The summed E-state index contributed by atoms with van der Waals surface area (Å²) in [4.78, 5) is 41.7. The fourth-order valence-corrected chi connectivity index (χ4v) is 11.5. The van der Waals surface area contributed by atoms with Gasteiger partial charge in [0, 0.05) is 37.3 Å². The van der Waals surface area contributed by atoms with E-state index in [1.54, 1.807) is 0 Å². The molecule has 0 bridgehead atoms. The zero-order valence-electron chi connectivity index (χ0n) is 38.2. The molecule has 7 rings (SSSR count). The number of fused-ring (bicyclic) bond motifs is 2. The number of nitrogens with zero attached hydrogens (tertiary/aromatic N) is 6. The topological polar surface area (TPSA) is 146 Å². The first-order chi connectivity index (χ1) is 30.6. The van der Waals surface area contributed by atoms with Crippen LogP contribution in [-0.2, 0) is 20.4 Å². The largest absolute Gasteiger partial charge is 0.453 e. The molecule has 64 heavy (non-hydrogen) atoms. The smallest absolute Gasteiger partial charge is 0.413 e. The zero-order valence-corrected chi connectivity index (χ0v) is 41.4. The van der Waals surface area contributed by atoms with E-state index in [0.29, 0.717) is 41.3 Å². The lowest BCUT2D eigenvalue weighted by atomic mass is 9.86.